The molecule has 0 bridgehead atoms. The minimum absolute atomic E-state index is 0.310. The maximum atomic E-state index is 12.7. The molecule has 1 aromatic heterocycles. The molecule has 1 atom stereocenters. The monoisotopic (exact) mass is 370 g/mol. The summed E-state index contributed by atoms with van der Waals surface area (Å²) >= 11 is 1.40. The fourth-order valence-electron chi connectivity index (χ4n) is 3.58. The number of rotatable bonds is 3. The number of hydrogen-bond donors (Lipinski definition) is 2. The third-order valence-corrected chi connectivity index (χ3v) is 6.05. The Kier molecular flexibility index (Phi) is 4.24. The molecule has 3 N–H and O–H groups in total. The van der Waals surface area contributed by atoms with E-state index in [2.05, 4.69) is 5.32 Å². The lowest BCUT2D eigenvalue weighted by Gasteiger charge is -2.23. The van der Waals surface area contributed by atoms with Crippen molar-refractivity contribution < 1.29 is 19.1 Å². The van der Waals surface area contributed by atoms with E-state index >= 15 is 0 Å². The Morgan fingerprint density at radius 2 is 1.96 bits per heavy atom. The summed E-state index contributed by atoms with van der Waals surface area (Å²) in [6, 6.07) is 7.08. The van der Waals surface area contributed by atoms with Crippen LogP contribution in [0.15, 0.2) is 24.3 Å². The van der Waals surface area contributed by atoms with Crippen molar-refractivity contribution >= 4 is 34.1 Å². The summed E-state index contributed by atoms with van der Waals surface area (Å²) in [5.74, 6) is -1.48. The smallest absolute Gasteiger partial charge is 0.339 e. The first kappa shape index (κ1) is 16.8. The van der Waals surface area contributed by atoms with E-state index in [1.807, 2.05) is 12.1 Å². The number of carbonyl (C=O) groups excluding carboxylic acids is 3. The summed E-state index contributed by atoms with van der Waals surface area (Å²) in [5, 5.41) is 3.23. The maximum absolute atomic E-state index is 12.7. The van der Waals surface area contributed by atoms with Crippen molar-refractivity contribution in [3.05, 3.63) is 51.4 Å². The Morgan fingerprint density at radius 3 is 2.77 bits per heavy atom. The van der Waals surface area contributed by atoms with Gasteiger partial charge in [-0.25, -0.2) is 4.79 Å². The van der Waals surface area contributed by atoms with Crippen molar-refractivity contribution in [3.63, 3.8) is 0 Å². The molecule has 0 spiro atoms. The number of ether oxygens (including phenoxy) is 1. The first-order valence-electron chi connectivity index (χ1n) is 8.58. The SMILES string of the molecule is NC(=O)c1c(NC(=O)C2Cc3ccccc3C(=O)O2)sc2c1CCCC2. The average Bonchev–Trinajstić information content (AvgIpc) is 2.99. The standard InChI is InChI=1S/C19H18N2O4S/c20-16(22)15-12-7-3-4-8-14(12)26-18(15)21-17(23)13-9-10-5-1-2-6-11(10)19(24)25-13/h1-2,5-6,13H,3-4,7-9H2,(H2,20,22)(H,21,23). The van der Waals surface area contributed by atoms with Crippen LogP contribution in [0, 0.1) is 0 Å². The number of anilines is 1. The van der Waals surface area contributed by atoms with Crippen molar-refractivity contribution in [2.24, 2.45) is 5.73 Å². The van der Waals surface area contributed by atoms with Crippen molar-refractivity contribution in [1.82, 2.24) is 0 Å². The molecule has 1 unspecified atom stereocenters. The first-order chi connectivity index (χ1) is 12.5. The van der Waals surface area contributed by atoms with E-state index in [9.17, 15) is 14.4 Å². The van der Waals surface area contributed by atoms with Gasteiger partial charge in [-0.1, -0.05) is 18.2 Å². The molecule has 1 aliphatic carbocycles. The largest absolute Gasteiger partial charge is 0.448 e. The Balaban J connectivity index is 1.59. The maximum Gasteiger partial charge on any atom is 0.339 e. The van der Waals surface area contributed by atoms with Crippen LogP contribution >= 0.6 is 11.3 Å². The molecule has 2 aliphatic rings. The quantitative estimate of drug-likeness (QED) is 0.811. The van der Waals surface area contributed by atoms with E-state index in [1.165, 1.54) is 11.3 Å². The van der Waals surface area contributed by atoms with Crippen molar-refractivity contribution in [2.75, 3.05) is 5.32 Å². The second-order valence-corrected chi connectivity index (χ2v) is 7.63. The first-order valence-corrected chi connectivity index (χ1v) is 9.40. The van der Waals surface area contributed by atoms with E-state index < -0.39 is 23.9 Å². The van der Waals surface area contributed by atoms with Crippen LogP contribution in [0.3, 0.4) is 0 Å². The van der Waals surface area contributed by atoms with Crippen LogP contribution in [0.25, 0.3) is 0 Å². The molecular weight excluding hydrogens is 352 g/mol. The molecule has 4 rings (SSSR count). The highest BCUT2D eigenvalue weighted by molar-refractivity contribution is 7.17. The fraction of sp³-hybridized carbons (Fsp3) is 0.316. The van der Waals surface area contributed by atoms with Gasteiger partial charge in [-0.2, -0.15) is 0 Å². The van der Waals surface area contributed by atoms with Gasteiger partial charge in [0.1, 0.15) is 5.00 Å². The highest BCUT2D eigenvalue weighted by Gasteiger charge is 2.33. The molecule has 134 valence electrons. The van der Waals surface area contributed by atoms with Crippen LogP contribution in [0.5, 0.6) is 0 Å². The lowest BCUT2D eigenvalue weighted by molar-refractivity contribution is -0.125. The summed E-state index contributed by atoms with van der Waals surface area (Å²) in [7, 11) is 0. The molecule has 2 amide bonds. The predicted octanol–water partition coefficient (Wildman–Crippen LogP) is 2.45. The minimum Gasteiger partial charge on any atom is -0.448 e. The number of hydrogen-bond acceptors (Lipinski definition) is 5. The number of carbonyl (C=O) groups is 3. The van der Waals surface area contributed by atoms with Gasteiger partial charge in [0, 0.05) is 11.3 Å². The van der Waals surface area contributed by atoms with Crippen LogP contribution in [0.2, 0.25) is 0 Å². The van der Waals surface area contributed by atoms with Gasteiger partial charge in [0.25, 0.3) is 11.8 Å². The van der Waals surface area contributed by atoms with Crippen molar-refractivity contribution in [2.45, 2.75) is 38.2 Å². The highest BCUT2D eigenvalue weighted by Crippen LogP contribution is 2.38. The van der Waals surface area contributed by atoms with Gasteiger partial charge in [-0.15, -0.1) is 11.3 Å². The predicted molar refractivity (Wildman–Crippen MR) is 97.5 cm³/mol. The summed E-state index contributed by atoms with van der Waals surface area (Å²) in [6.07, 6.45) is 3.15. The van der Waals surface area contributed by atoms with Gasteiger partial charge in [0.2, 0.25) is 0 Å². The zero-order valence-corrected chi connectivity index (χ0v) is 14.9. The Bertz CT molecular complexity index is 918. The number of amides is 2. The van der Waals surface area contributed by atoms with Crippen LogP contribution < -0.4 is 11.1 Å². The number of primary amides is 1. The summed E-state index contributed by atoms with van der Waals surface area (Å²) in [5.41, 5.74) is 8.18. The van der Waals surface area contributed by atoms with Gasteiger partial charge in [-0.05, 0) is 42.9 Å². The van der Waals surface area contributed by atoms with E-state index in [0.717, 1.165) is 41.7 Å². The number of thiophene rings is 1. The second kappa shape index (κ2) is 6.57. The van der Waals surface area contributed by atoms with Crippen molar-refractivity contribution in [1.29, 1.82) is 0 Å². The van der Waals surface area contributed by atoms with Gasteiger partial charge >= 0.3 is 5.97 Å². The number of esters is 1. The average molecular weight is 370 g/mol. The molecule has 2 heterocycles. The molecular formula is C19H18N2O4S. The van der Waals surface area contributed by atoms with Gasteiger partial charge < -0.3 is 15.8 Å². The van der Waals surface area contributed by atoms with E-state index in [1.54, 1.807) is 12.1 Å². The fourth-order valence-corrected chi connectivity index (χ4v) is 4.88. The van der Waals surface area contributed by atoms with E-state index in [-0.39, 0.29) is 0 Å². The Morgan fingerprint density at radius 1 is 1.19 bits per heavy atom. The zero-order valence-electron chi connectivity index (χ0n) is 14.0. The van der Waals surface area contributed by atoms with Crippen LogP contribution in [-0.2, 0) is 28.8 Å². The number of nitrogens with one attached hydrogen (secondary N) is 1. The van der Waals surface area contributed by atoms with Crippen molar-refractivity contribution in [3.8, 4) is 0 Å². The second-order valence-electron chi connectivity index (χ2n) is 6.52. The minimum atomic E-state index is -0.919. The molecule has 2 aromatic rings. The summed E-state index contributed by atoms with van der Waals surface area (Å²) in [4.78, 5) is 37.8. The lowest BCUT2D eigenvalue weighted by atomic mass is 9.95. The van der Waals surface area contributed by atoms with Gasteiger partial charge in [-0.3, -0.25) is 9.59 Å². The molecule has 0 fully saturated rings. The summed E-state index contributed by atoms with van der Waals surface area (Å²) in [6.45, 7) is 0. The van der Waals surface area contributed by atoms with Crippen LogP contribution in [0.1, 0.15) is 49.6 Å². The Hall–Kier alpha value is -2.67. The number of nitrogens with two attached hydrogens (primary N) is 1. The van der Waals surface area contributed by atoms with Gasteiger partial charge in [0.15, 0.2) is 6.10 Å². The van der Waals surface area contributed by atoms with Crippen LogP contribution in [0.4, 0.5) is 5.00 Å². The molecule has 26 heavy (non-hydrogen) atoms. The topological polar surface area (TPSA) is 98.5 Å². The van der Waals surface area contributed by atoms with E-state index in [4.69, 9.17) is 10.5 Å². The molecule has 6 nitrogen and oxygen atoms in total. The number of benzene rings is 1. The third-order valence-electron chi connectivity index (χ3n) is 4.84. The molecule has 0 radical (unpaired) electrons. The molecule has 7 heteroatoms. The number of fused-ring (bicyclic) bond motifs is 2. The van der Waals surface area contributed by atoms with Gasteiger partial charge in [0.05, 0.1) is 11.1 Å². The number of aryl methyl sites for hydroxylation is 1. The number of cyclic esters (lactones) is 1. The zero-order chi connectivity index (χ0) is 18.3. The summed E-state index contributed by atoms with van der Waals surface area (Å²) < 4.78 is 5.29. The Labute approximate surface area is 154 Å². The van der Waals surface area contributed by atoms with Crippen LogP contribution in [-0.4, -0.2) is 23.9 Å². The van der Waals surface area contributed by atoms with E-state index in [0.29, 0.717) is 22.5 Å². The molecule has 1 aromatic carbocycles. The third kappa shape index (κ3) is 2.88. The molecule has 0 saturated carbocycles. The highest BCUT2D eigenvalue weighted by atomic mass is 32.1. The molecule has 1 aliphatic heterocycles. The normalized spacial score (nSPS) is 18.5. The molecule has 0 saturated heterocycles. The lowest BCUT2D eigenvalue weighted by Crippen LogP contribution is -2.38.